The van der Waals surface area contributed by atoms with Gasteiger partial charge in [-0.2, -0.15) is 0 Å². The molecule has 2 heterocycles. The largest absolute Gasteiger partial charge is 0.483 e. The Labute approximate surface area is 251 Å². The molecule has 0 saturated carbocycles. The number of likely N-dealkylation sites (N-methyl/N-ethyl adjacent to an activating group) is 1. The van der Waals surface area contributed by atoms with Crippen LogP contribution in [0.4, 0.5) is 5.69 Å². The highest BCUT2D eigenvalue weighted by atomic mass is 16.7. The van der Waals surface area contributed by atoms with Crippen LogP contribution in [0.5, 0.6) is 5.75 Å². The number of esters is 1. The van der Waals surface area contributed by atoms with E-state index in [4.69, 9.17) is 18.9 Å². The molecule has 3 rings (SSSR count). The molecule has 2 aliphatic heterocycles. The van der Waals surface area contributed by atoms with Crippen LogP contribution in [0.2, 0.25) is 0 Å². The maximum atomic E-state index is 13.2. The zero-order valence-electron chi connectivity index (χ0n) is 26.9. The lowest BCUT2D eigenvalue weighted by Gasteiger charge is -2.50. The van der Waals surface area contributed by atoms with Crippen LogP contribution in [0.25, 0.3) is 0 Å². The molecule has 42 heavy (non-hydrogen) atoms. The summed E-state index contributed by atoms with van der Waals surface area (Å²) in [5.74, 6) is 0.320. The van der Waals surface area contributed by atoms with E-state index in [0.717, 1.165) is 45.2 Å². The molecule has 238 valence electrons. The topological polar surface area (TPSA) is 121 Å². The van der Waals surface area contributed by atoms with Gasteiger partial charge in [-0.3, -0.25) is 14.9 Å². The Hall–Kier alpha value is -2.27. The standard InChI is InChI=1S/C32H53N3O7/c1-22-20-25(33-8)26(41-24-14-12-23(13-15-24)35(37)38)27(40-22)42-28-30(2,3)16-11-18-34-17-9-10-19-39-29(36)32(6,7)21-31(28,4)5/h12-15,22,25-28,33-34H,9-11,16-21H2,1-8H3/t22-,25+,26-,27+,28?/m1/s1. The number of non-ortho nitro benzene ring substituents is 1. The van der Waals surface area contributed by atoms with Gasteiger partial charge in [0.2, 0.25) is 0 Å². The first-order valence-corrected chi connectivity index (χ1v) is 15.4. The number of nitrogens with zero attached hydrogens (tertiary/aromatic N) is 1. The number of benzene rings is 1. The van der Waals surface area contributed by atoms with Crippen molar-refractivity contribution in [1.29, 1.82) is 0 Å². The molecule has 2 saturated heterocycles. The molecule has 5 atom stereocenters. The lowest BCUT2D eigenvalue weighted by molar-refractivity contribution is -0.384. The maximum Gasteiger partial charge on any atom is 0.311 e. The van der Waals surface area contributed by atoms with E-state index in [1.807, 2.05) is 27.8 Å². The first-order chi connectivity index (χ1) is 19.7. The van der Waals surface area contributed by atoms with Crippen molar-refractivity contribution in [1.82, 2.24) is 10.6 Å². The second-order valence-corrected chi connectivity index (χ2v) is 14.0. The van der Waals surface area contributed by atoms with Crippen molar-refractivity contribution >= 4 is 11.7 Å². The Bertz CT molecular complexity index is 1030. The molecule has 10 nitrogen and oxygen atoms in total. The molecule has 10 heteroatoms. The summed E-state index contributed by atoms with van der Waals surface area (Å²) in [6, 6.07) is 6.02. The highest BCUT2D eigenvalue weighted by molar-refractivity contribution is 5.76. The third-order valence-corrected chi connectivity index (χ3v) is 8.60. The van der Waals surface area contributed by atoms with Crippen LogP contribution in [-0.2, 0) is 19.0 Å². The minimum atomic E-state index is -0.708. The molecule has 2 N–H and O–H groups in total. The first-order valence-electron chi connectivity index (χ1n) is 15.4. The second-order valence-electron chi connectivity index (χ2n) is 14.0. The molecular formula is C32H53N3O7. The number of hydrogen-bond donors (Lipinski definition) is 2. The number of rotatable bonds is 6. The van der Waals surface area contributed by atoms with Gasteiger partial charge >= 0.3 is 5.97 Å². The van der Waals surface area contributed by atoms with Gasteiger partial charge in [0.25, 0.3) is 5.69 Å². The molecule has 0 aliphatic carbocycles. The summed E-state index contributed by atoms with van der Waals surface area (Å²) in [6.07, 6.45) is 3.43. The molecule has 0 amide bonds. The Kier molecular flexibility index (Phi) is 11.8. The van der Waals surface area contributed by atoms with Crippen molar-refractivity contribution in [3.63, 3.8) is 0 Å². The summed E-state index contributed by atoms with van der Waals surface area (Å²) in [4.78, 5) is 23.9. The van der Waals surface area contributed by atoms with Crippen molar-refractivity contribution in [3.8, 4) is 5.75 Å². The molecule has 0 bridgehead atoms. The fraction of sp³-hybridized carbons (Fsp3) is 0.781. The number of carbonyl (C=O) groups is 1. The molecule has 0 radical (unpaired) electrons. The van der Waals surface area contributed by atoms with Crippen molar-refractivity contribution in [2.24, 2.45) is 16.2 Å². The lowest BCUT2D eigenvalue weighted by Crippen LogP contribution is -2.59. The van der Waals surface area contributed by atoms with Gasteiger partial charge in [-0.15, -0.1) is 0 Å². The van der Waals surface area contributed by atoms with Crippen molar-refractivity contribution in [3.05, 3.63) is 34.4 Å². The molecule has 2 fully saturated rings. The van der Waals surface area contributed by atoms with E-state index in [1.165, 1.54) is 12.1 Å². The Morgan fingerprint density at radius 2 is 1.69 bits per heavy atom. The number of hydrogen-bond acceptors (Lipinski definition) is 9. The van der Waals surface area contributed by atoms with Gasteiger partial charge in [0.1, 0.15) is 5.75 Å². The summed E-state index contributed by atoms with van der Waals surface area (Å²) in [5, 5.41) is 18.1. The zero-order valence-corrected chi connectivity index (χ0v) is 26.9. The lowest BCUT2D eigenvalue weighted by atomic mass is 9.64. The van der Waals surface area contributed by atoms with Crippen LogP contribution in [-0.4, -0.2) is 68.3 Å². The van der Waals surface area contributed by atoms with Gasteiger partial charge in [-0.25, -0.2) is 0 Å². The highest BCUT2D eigenvalue weighted by Crippen LogP contribution is 2.47. The van der Waals surface area contributed by atoms with Gasteiger partial charge in [0, 0.05) is 12.1 Å². The second kappa shape index (κ2) is 14.5. The summed E-state index contributed by atoms with van der Waals surface area (Å²) < 4.78 is 25.7. The predicted molar refractivity (Wildman–Crippen MR) is 162 cm³/mol. The normalized spacial score (nSPS) is 30.8. The van der Waals surface area contributed by atoms with Gasteiger partial charge in [0.15, 0.2) is 12.4 Å². The van der Waals surface area contributed by atoms with Crippen LogP contribution < -0.4 is 15.4 Å². The number of ether oxygens (including phenoxy) is 4. The van der Waals surface area contributed by atoms with E-state index in [-0.39, 0.29) is 35.3 Å². The summed E-state index contributed by atoms with van der Waals surface area (Å²) >= 11 is 0. The third kappa shape index (κ3) is 9.11. The summed E-state index contributed by atoms with van der Waals surface area (Å²) in [5.41, 5.74) is -1.40. The molecule has 0 spiro atoms. The number of nitrogens with one attached hydrogen (secondary N) is 2. The Morgan fingerprint density at radius 3 is 2.33 bits per heavy atom. The van der Waals surface area contributed by atoms with Crippen LogP contribution in [0.3, 0.4) is 0 Å². The van der Waals surface area contributed by atoms with Crippen LogP contribution in [0, 0.1) is 26.4 Å². The Balaban J connectivity index is 1.95. The van der Waals surface area contributed by atoms with E-state index < -0.39 is 28.1 Å². The molecular weight excluding hydrogens is 538 g/mol. The Morgan fingerprint density at radius 1 is 1.02 bits per heavy atom. The van der Waals surface area contributed by atoms with Gasteiger partial charge < -0.3 is 29.6 Å². The van der Waals surface area contributed by atoms with Crippen molar-refractivity contribution in [2.45, 2.75) is 118 Å². The monoisotopic (exact) mass is 591 g/mol. The third-order valence-electron chi connectivity index (χ3n) is 8.60. The van der Waals surface area contributed by atoms with E-state index >= 15 is 0 Å². The molecule has 0 aromatic heterocycles. The molecule has 2 aliphatic rings. The fourth-order valence-corrected chi connectivity index (χ4v) is 6.88. The summed E-state index contributed by atoms with van der Waals surface area (Å²) in [7, 11) is 1.89. The molecule has 1 aromatic carbocycles. The minimum Gasteiger partial charge on any atom is -0.483 e. The van der Waals surface area contributed by atoms with Gasteiger partial charge in [0.05, 0.1) is 35.2 Å². The number of carbonyl (C=O) groups excluding carboxylic acids is 1. The number of nitro groups is 1. The van der Waals surface area contributed by atoms with Crippen LogP contribution in [0.15, 0.2) is 24.3 Å². The van der Waals surface area contributed by atoms with E-state index in [2.05, 4.69) is 38.3 Å². The van der Waals surface area contributed by atoms with Crippen LogP contribution >= 0.6 is 0 Å². The van der Waals surface area contributed by atoms with E-state index in [1.54, 1.807) is 12.1 Å². The highest BCUT2D eigenvalue weighted by Gasteiger charge is 2.50. The maximum absolute atomic E-state index is 13.2. The van der Waals surface area contributed by atoms with Gasteiger partial charge in [-0.1, -0.05) is 27.7 Å². The minimum absolute atomic E-state index is 0.00314. The summed E-state index contributed by atoms with van der Waals surface area (Å²) in [6.45, 7) is 17.0. The number of cyclic esters (lactones) is 1. The van der Waals surface area contributed by atoms with Gasteiger partial charge in [-0.05, 0) is 102 Å². The van der Waals surface area contributed by atoms with E-state index in [9.17, 15) is 14.9 Å². The molecule has 1 unspecified atom stereocenters. The fourth-order valence-electron chi connectivity index (χ4n) is 6.88. The van der Waals surface area contributed by atoms with Crippen molar-refractivity contribution in [2.75, 3.05) is 26.7 Å². The SMILES string of the molecule is CN[C@H]1C[C@@H](C)O[C@@H](OC2C(C)(C)CCCNCCCCOC(=O)C(C)(C)CC2(C)C)[C@@H]1Oc1ccc([N+](=O)[O-])cc1. The predicted octanol–water partition coefficient (Wildman–Crippen LogP) is 5.63. The van der Waals surface area contributed by atoms with E-state index in [0.29, 0.717) is 18.8 Å². The van der Waals surface area contributed by atoms with Crippen molar-refractivity contribution < 1.29 is 28.7 Å². The quantitative estimate of drug-likeness (QED) is 0.246. The average molecular weight is 592 g/mol. The molecule has 1 aromatic rings. The number of nitro benzene ring substituents is 1. The average Bonchev–Trinajstić information content (AvgIpc) is 2.90. The van der Waals surface area contributed by atoms with Crippen LogP contribution in [0.1, 0.15) is 87.0 Å². The first kappa shape index (κ1) is 34.2. The zero-order chi connectivity index (χ0) is 31.1. The smallest absolute Gasteiger partial charge is 0.311 e.